The van der Waals surface area contributed by atoms with Crippen LogP contribution in [0, 0.1) is 5.82 Å². The Morgan fingerprint density at radius 3 is 2.25 bits per heavy atom. The van der Waals surface area contributed by atoms with E-state index in [4.69, 9.17) is 0 Å². The summed E-state index contributed by atoms with van der Waals surface area (Å²) in [6.07, 6.45) is 0.826. The third-order valence-corrected chi connectivity index (χ3v) is 4.43. The van der Waals surface area contributed by atoms with Gasteiger partial charge in [-0.25, -0.2) is 4.39 Å². The Balaban J connectivity index is 2.18. The molecule has 0 aliphatic carbocycles. The summed E-state index contributed by atoms with van der Waals surface area (Å²) in [6.45, 7) is 7.39. The largest absolute Gasteiger partial charge is 0.350 e. The Kier molecular flexibility index (Phi) is 7.32. The molecule has 0 aliphatic rings. The van der Waals surface area contributed by atoms with Crippen molar-refractivity contribution in [3.8, 4) is 0 Å². The first-order valence-corrected chi connectivity index (χ1v) is 9.56. The van der Waals surface area contributed by atoms with Crippen LogP contribution in [0.2, 0.25) is 0 Å². The smallest absolute Gasteiger partial charge is 0.242 e. The molecule has 0 saturated carbocycles. The summed E-state index contributed by atoms with van der Waals surface area (Å²) >= 11 is 0. The number of hydrogen-bond donors (Lipinski definition) is 1. The normalized spacial score (nSPS) is 12.3. The highest BCUT2D eigenvalue weighted by Gasteiger charge is 2.28. The number of rotatable bonds is 7. The minimum Gasteiger partial charge on any atom is -0.350 e. The van der Waals surface area contributed by atoms with Crippen molar-refractivity contribution in [3.63, 3.8) is 0 Å². The molecule has 2 amide bonds. The third-order valence-electron chi connectivity index (χ3n) is 4.43. The molecule has 0 bridgehead atoms. The van der Waals surface area contributed by atoms with Gasteiger partial charge in [0.2, 0.25) is 11.8 Å². The van der Waals surface area contributed by atoms with E-state index >= 15 is 0 Å². The van der Waals surface area contributed by atoms with Crippen LogP contribution in [-0.4, -0.2) is 28.3 Å². The molecule has 0 aromatic heterocycles. The second kappa shape index (κ2) is 9.49. The fourth-order valence-electron chi connectivity index (χ4n) is 2.91. The molecule has 150 valence electrons. The summed E-state index contributed by atoms with van der Waals surface area (Å²) < 4.78 is 14.2. The number of halogens is 1. The van der Waals surface area contributed by atoms with Crippen molar-refractivity contribution in [2.45, 2.75) is 58.7 Å². The van der Waals surface area contributed by atoms with E-state index in [1.54, 1.807) is 25.1 Å². The number of amides is 2. The van der Waals surface area contributed by atoms with Gasteiger partial charge in [-0.15, -0.1) is 0 Å². The van der Waals surface area contributed by atoms with Crippen LogP contribution in [0.5, 0.6) is 0 Å². The average Bonchev–Trinajstić information content (AvgIpc) is 2.64. The van der Waals surface area contributed by atoms with Crippen LogP contribution in [-0.2, 0) is 22.6 Å². The molecule has 1 N–H and O–H groups in total. The Morgan fingerprint density at radius 2 is 1.64 bits per heavy atom. The van der Waals surface area contributed by atoms with Gasteiger partial charge in [-0.1, -0.05) is 48.5 Å². The van der Waals surface area contributed by atoms with Gasteiger partial charge in [-0.05, 0) is 45.7 Å². The van der Waals surface area contributed by atoms with Crippen LogP contribution >= 0.6 is 0 Å². The minimum absolute atomic E-state index is 0.0546. The number of hydrogen-bond acceptors (Lipinski definition) is 2. The number of carbonyl (C=O) groups excluding carboxylic acids is 2. The third kappa shape index (κ3) is 6.48. The van der Waals surface area contributed by atoms with Gasteiger partial charge in [0.1, 0.15) is 11.9 Å². The molecule has 0 spiro atoms. The average molecular weight is 384 g/mol. The maximum absolute atomic E-state index is 14.2. The standard InChI is InChI=1S/C23H29FN2O2/c1-17(22(28)25-23(2,3)4)26(16-19-12-8-9-13-20(19)24)21(27)15-14-18-10-6-5-7-11-18/h5-13,17H,14-16H2,1-4H3,(H,25,28)/t17-/m0/s1. The van der Waals surface area contributed by atoms with E-state index in [1.165, 1.54) is 11.0 Å². The van der Waals surface area contributed by atoms with E-state index < -0.39 is 11.6 Å². The fourth-order valence-corrected chi connectivity index (χ4v) is 2.91. The molecule has 1 atom stereocenters. The number of nitrogens with one attached hydrogen (secondary N) is 1. The molecule has 2 rings (SSSR count). The molecular formula is C23H29FN2O2. The van der Waals surface area contributed by atoms with Crippen molar-refractivity contribution >= 4 is 11.8 Å². The first kappa shape index (κ1) is 21.6. The molecule has 4 nitrogen and oxygen atoms in total. The van der Waals surface area contributed by atoms with Crippen LogP contribution in [0.25, 0.3) is 0 Å². The molecule has 0 fully saturated rings. The summed E-state index contributed by atoms with van der Waals surface area (Å²) in [5.74, 6) is -0.813. The quantitative estimate of drug-likeness (QED) is 0.782. The van der Waals surface area contributed by atoms with Crippen LogP contribution in [0.15, 0.2) is 54.6 Å². The Morgan fingerprint density at radius 1 is 1.04 bits per heavy atom. The topological polar surface area (TPSA) is 49.4 Å². The van der Waals surface area contributed by atoms with Crippen molar-refractivity contribution in [3.05, 3.63) is 71.5 Å². The molecule has 0 heterocycles. The molecule has 5 heteroatoms. The highest BCUT2D eigenvalue weighted by atomic mass is 19.1. The van der Waals surface area contributed by atoms with E-state index in [9.17, 15) is 14.0 Å². The maximum atomic E-state index is 14.2. The number of carbonyl (C=O) groups is 2. The van der Waals surface area contributed by atoms with Crippen molar-refractivity contribution in [1.82, 2.24) is 10.2 Å². The SMILES string of the molecule is C[C@@H](C(=O)NC(C)(C)C)N(Cc1ccccc1F)C(=O)CCc1ccccc1. The lowest BCUT2D eigenvalue weighted by Crippen LogP contribution is -2.52. The zero-order chi connectivity index (χ0) is 20.7. The Bertz CT molecular complexity index is 800. The van der Waals surface area contributed by atoms with Gasteiger partial charge in [-0.3, -0.25) is 9.59 Å². The van der Waals surface area contributed by atoms with E-state index in [-0.39, 0.29) is 30.6 Å². The zero-order valence-electron chi connectivity index (χ0n) is 17.0. The Labute approximate surface area is 166 Å². The van der Waals surface area contributed by atoms with Gasteiger partial charge >= 0.3 is 0 Å². The summed E-state index contributed by atoms with van der Waals surface area (Å²) in [7, 11) is 0. The lowest BCUT2D eigenvalue weighted by molar-refractivity contribution is -0.141. The van der Waals surface area contributed by atoms with E-state index in [0.717, 1.165) is 5.56 Å². The molecule has 0 aliphatic heterocycles. The zero-order valence-corrected chi connectivity index (χ0v) is 17.0. The maximum Gasteiger partial charge on any atom is 0.242 e. The van der Waals surface area contributed by atoms with Crippen molar-refractivity contribution in [2.24, 2.45) is 0 Å². The number of aryl methyl sites for hydroxylation is 1. The highest BCUT2D eigenvalue weighted by Crippen LogP contribution is 2.16. The van der Waals surface area contributed by atoms with Crippen molar-refractivity contribution in [1.29, 1.82) is 0 Å². The molecule has 0 unspecified atom stereocenters. The molecular weight excluding hydrogens is 355 g/mol. The summed E-state index contributed by atoms with van der Waals surface area (Å²) in [5, 5.41) is 2.90. The van der Waals surface area contributed by atoms with Crippen LogP contribution in [0.4, 0.5) is 4.39 Å². The van der Waals surface area contributed by atoms with Crippen LogP contribution in [0.1, 0.15) is 45.2 Å². The Hall–Kier alpha value is -2.69. The molecule has 28 heavy (non-hydrogen) atoms. The van der Waals surface area contributed by atoms with Gasteiger partial charge in [-0.2, -0.15) is 0 Å². The predicted octanol–water partition coefficient (Wildman–Crippen LogP) is 4.09. The monoisotopic (exact) mass is 384 g/mol. The second-order valence-electron chi connectivity index (χ2n) is 8.01. The van der Waals surface area contributed by atoms with Gasteiger partial charge in [0.25, 0.3) is 0 Å². The van der Waals surface area contributed by atoms with Crippen LogP contribution < -0.4 is 5.32 Å². The predicted molar refractivity (Wildman–Crippen MR) is 109 cm³/mol. The van der Waals surface area contributed by atoms with E-state index in [2.05, 4.69) is 5.32 Å². The number of benzene rings is 2. The highest BCUT2D eigenvalue weighted by molar-refractivity contribution is 5.87. The first-order chi connectivity index (χ1) is 13.2. The van der Waals surface area contributed by atoms with Gasteiger partial charge in [0, 0.05) is 24.1 Å². The minimum atomic E-state index is -0.706. The van der Waals surface area contributed by atoms with E-state index in [0.29, 0.717) is 12.0 Å². The van der Waals surface area contributed by atoms with Gasteiger partial charge < -0.3 is 10.2 Å². The lowest BCUT2D eigenvalue weighted by atomic mass is 10.1. The molecule has 0 radical (unpaired) electrons. The van der Waals surface area contributed by atoms with Crippen molar-refractivity contribution in [2.75, 3.05) is 0 Å². The number of nitrogens with zero attached hydrogens (tertiary/aromatic N) is 1. The molecule has 2 aromatic rings. The first-order valence-electron chi connectivity index (χ1n) is 9.56. The summed E-state index contributed by atoms with van der Waals surface area (Å²) in [5.41, 5.74) is 1.03. The molecule has 0 saturated heterocycles. The van der Waals surface area contributed by atoms with Gasteiger partial charge in [0.05, 0.1) is 0 Å². The van der Waals surface area contributed by atoms with Gasteiger partial charge in [0.15, 0.2) is 0 Å². The second-order valence-corrected chi connectivity index (χ2v) is 8.01. The summed E-state index contributed by atoms with van der Waals surface area (Å²) in [6, 6.07) is 15.3. The fraction of sp³-hybridized carbons (Fsp3) is 0.391. The molecule has 2 aromatic carbocycles. The van der Waals surface area contributed by atoms with Crippen molar-refractivity contribution < 1.29 is 14.0 Å². The van der Waals surface area contributed by atoms with Crippen LogP contribution in [0.3, 0.4) is 0 Å². The summed E-state index contributed by atoms with van der Waals surface area (Å²) in [4.78, 5) is 27.1. The lowest BCUT2D eigenvalue weighted by Gasteiger charge is -2.31. The van der Waals surface area contributed by atoms with E-state index in [1.807, 2.05) is 51.1 Å².